The molecule has 0 bridgehead atoms. The minimum Gasteiger partial charge on any atom is -0.374 e. The third kappa shape index (κ3) is 1.66. The Balaban J connectivity index is 2.62. The number of aromatic nitrogens is 1. The number of rotatable bonds is 3. The van der Waals surface area contributed by atoms with E-state index in [1.54, 1.807) is 0 Å². The van der Waals surface area contributed by atoms with E-state index in [-0.39, 0.29) is 0 Å². The van der Waals surface area contributed by atoms with Gasteiger partial charge >= 0.3 is 0 Å². The van der Waals surface area contributed by atoms with E-state index in [4.69, 9.17) is 5.26 Å². The van der Waals surface area contributed by atoms with Crippen molar-refractivity contribution in [3.63, 3.8) is 0 Å². The Labute approximate surface area is 97.8 Å². The van der Waals surface area contributed by atoms with E-state index in [0.29, 0.717) is 0 Å². The minimum absolute atomic E-state index is 0.500. The van der Waals surface area contributed by atoms with Crippen molar-refractivity contribution < 1.29 is 0 Å². The first-order valence-electron chi connectivity index (χ1n) is 5.67. The van der Waals surface area contributed by atoms with Crippen LogP contribution >= 0.6 is 0 Å². The number of hydrogen-bond acceptors (Lipinski definition) is 1. The molecule has 1 aromatic heterocycles. The summed E-state index contributed by atoms with van der Waals surface area (Å²) in [6.07, 6.45) is 2.15. The minimum atomic E-state index is -0.500. The molecule has 0 aliphatic rings. The van der Waals surface area contributed by atoms with E-state index < -0.39 is 8.96 Å². The van der Waals surface area contributed by atoms with Crippen LogP contribution in [-0.2, 0) is 0 Å². The zero-order valence-corrected chi connectivity index (χ0v) is 10.7. The van der Waals surface area contributed by atoms with Gasteiger partial charge in [-0.25, -0.2) is 0 Å². The Bertz CT molecular complexity index is 532. The van der Waals surface area contributed by atoms with Gasteiger partial charge in [-0.3, -0.25) is 0 Å². The van der Waals surface area contributed by atoms with Gasteiger partial charge in [0.1, 0.15) is 0 Å². The van der Waals surface area contributed by atoms with Crippen LogP contribution in [0, 0.1) is 11.3 Å². The molecule has 0 unspecified atom stereocenters. The van der Waals surface area contributed by atoms with Crippen LogP contribution in [0.1, 0.15) is 19.4 Å². The summed E-state index contributed by atoms with van der Waals surface area (Å²) in [7, 11) is -0.500. The van der Waals surface area contributed by atoms with Crippen molar-refractivity contribution >= 4 is 19.9 Å². The highest BCUT2D eigenvalue weighted by Gasteiger charge is 2.13. The van der Waals surface area contributed by atoms with Crippen molar-refractivity contribution in [3.8, 4) is 6.07 Å². The van der Waals surface area contributed by atoms with E-state index >= 15 is 0 Å². The average Bonchev–Trinajstić information content (AvgIpc) is 2.75. The molecule has 81 valence electrons. The first kappa shape index (κ1) is 11.0. The summed E-state index contributed by atoms with van der Waals surface area (Å²) in [5.41, 5.74) is 2.00. The summed E-state index contributed by atoms with van der Waals surface area (Å²) in [5.74, 6) is 0. The zero-order chi connectivity index (χ0) is 11.5. The number of nitrogens with zero attached hydrogens (tertiary/aromatic N) is 2. The molecule has 16 heavy (non-hydrogen) atoms. The van der Waals surface area contributed by atoms with Crippen molar-refractivity contribution in [2.24, 2.45) is 0 Å². The molecular weight excluding hydrogens is 212 g/mol. The smallest absolute Gasteiger partial charge is 0.174 e. The molecular formula is C13H15N2Si. The van der Waals surface area contributed by atoms with Crippen molar-refractivity contribution in [3.05, 3.63) is 36.0 Å². The molecule has 2 nitrogen and oxygen atoms in total. The Morgan fingerprint density at radius 1 is 1.25 bits per heavy atom. The Morgan fingerprint density at radius 2 is 2.00 bits per heavy atom. The van der Waals surface area contributed by atoms with Gasteiger partial charge in [0.2, 0.25) is 0 Å². The maximum atomic E-state index is 9.05. The molecule has 2 aromatic rings. The fourth-order valence-electron chi connectivity index (χ4n) is 2.13. The maximum absolute atomic E-state index is 9.05. The van der Waals surface area contributed by atoms with Crippen LogP contribution in [0.25, 0.3) is 10.9 Å². The molecule has 1 aromatic carbocycles. The Hall–Kier alpha value is -1.53. The molecule has 0 amide bonds. The topological polar surface area (TPSA) is 28.7 Å². The van der Waals surface area contributed by atoms with E-state index in [1.165, 1.54) is 17.6 Å². The van der Waals surface area contributed by atoms with Gasteiger partial charge in [-0.1, -0.05) is 19.9 Å². The summed E-state index contributed by atoms with van der Waals surface area (Å²) in [4.78, 5) is 0. The molecule has 0 fully saturated rings. The second-order valence-electron chi connectivity index (χ2n) is 3.81. The molecule has 0 saturated carbocycles. The highest BCUT2D eigenvalue weighted by molar-refractivity contribution is 6.58. The van der Waals surface area contributed by atoms with Crippen LogP contribution in [-0.4, -0.2) is 13.2 Å². The fourth-order valence-corrected chi connectivity index (χ4v) is 4.13. The second-order valence-corrected chi connectivity index (χ2v) is 6.84. The lowest BCUT2D eigenvalue weighted by atomic mass is 10.1. The number of benzene rings is 1. The van der Waals surface area contributed by atoms with Gasteiger partial charge in [-0.15, -0.1) is 0 Å². The number of fused-ring (bicyclic) bond motifs is 1. The van der Waals surface area contributed by atoms with Crippen LogP contribution in [0.4, 0.5) is 0 Å². The molecule has 0 aliphatic carbocycles. The van der Waals surface area contributed by atoms with Gasteiger partial charge in [0.25, 0.3) is 0 Å². The number of hydrogen-bond donors (Lipinski definition) is 0. The van der Waals surface area contributed by atoms with Crippen LogP contribution in [0.15, 0.2) is 30.5 Å². The molecule has 1 radical (unpaired) electrons. The van der Waals surface area contributed by atoms with Crippen LogP contribution in [0.3, 0.4) is 0 Å². The van der Waals surface area contributed by atoms with Crippen molar-refractivity contribution in [1.29, 1.82) is 5.26 Å². The fraction of sp³-hybridized carbons (Fsp3) is 0.308. The third-order valence-electron chi connectivity index (χ3n) is 3.01. The van der Waals surface area contributed by atoms with Gasteiger partial charge in [-0.05, 0) is 36.5 Å². The average molecular weight is 227 g/mol. The lowest BCUT2D eigenvalue weighted by Gasteiger charge is -2.13. The summed E-state index contributed by atoms with van der Waals surface area (Å²) in [6.45, 7) is 4.50. The normalized spacial score (nSPS) is 10.9. The van der Waals surface area contributed by atoms with Gasteiger partial charge in [0, 0.05) is 10.9 Å². The van der Waals surface area contributed by atoms with Crippen LogP contribution < -0.4 is 0 Å². The molecule has 2 rings (SSSR count). The van der Waals surface area contributed by atoms with Gasteiger partial charge < -0.3 is 4.23 Å². The first-order valence-corrected chi connectivity index (χ1v) is 7.53. The van der Waals surface area contributed by atoms with Crippen molar-refractivity contribution in [2.75, 3.05) is 0 Å². The van der Waals surface area contributed by atoms with Crippen molar-refractivity contribution in [2.45, 2.75) is 25.9 Å². The molecule has 0 saturated heterocycles. The molecule has 0 atom stereocenters. The highest BCUT2D eigenvalue weighted by atomic mass is 28.3. The summed E-state index contributed by atoms with van der Waals surface area (Å²) in [5, 5.41) is 10.1. The van der Waals surface area contributed by atoms with Crippen molar-refractivity contribution in [1.82, 2.24) is 4.23 Å². The zero-order valence-electron chi connectivity index (χ0n) is 9.70. The molecule has 0 N–H and O–H groups in total. The summed E-state index contributed by atoms with van der Waals surface area (Å²) >= 11 is 0. The lowest BCUT2D eigenvalue weighted by Crippen LogP contribution is -2.20. The predicted molar refractivity (Wildman–Crippen MR) is 68.8 cm³/mol. The highest BCUT2D eigenvalue weighted by Crippen LogP contribution is 2.21. The molecule has 1 heterocycles. The molecule has 0 aliphatic heterocycles. The predicted octanol–water partition coefficient (Wildman–Crippen LogP) is 3.39. The summed E-state index contributed by atoms with van der Waals surface area (Å²) < 4.78 is 2.39. The van der Waals surface area contributed by atoms with Gasteiger partial charge in [-0.2, -0.15) is 5.26 Å². The first-order chi connectivity index (χ1) is 7.81. The second kappa shape index (κ2) is 4.54. The van der Waals surface area contributed by atoms with E-state index in [0.717, 1.165) is 10.9 Å². The third-order valence-corrected chi connectivity index (χ3v) is 5.71. The standard InChI is InChI=1S/C13H15N2Si/c1-3-16(4-2)15-9-8-12-11(10-14)6-5-7-13(12)15/h5-9H,3-4H2,1-2H3. The largest absolute Gasteiger partial charge is 0.374 e. The summed E-state index contributed by atoms with van der Waals surface area (Å²) in [6, 6.07) is 12.8. The van der Waals surface area contributed by atoms with E-state index in [2.05, 4.69) is 42.5 Å². The number of nitriles is 1. The van der Waals surface area contributed by atoms with Gasteiger partial charge in [0.05, 0.1) is 11.6 Å². The van der Waals surface area contributed by atoms with Crippen LogP contribution in [0.5, 0.6) is 0 Å². The van der Waals surface area contributed by atoms with Crippen LogP contribution in [0.2, 0.25) is 12.1 Å². The van der Waals surface area contributed by atoms with E-state index in [9.17, 15) is 0 Å². The van der Waals surface area contributed by atoms with E-state index in [1.807, 2.05) is 12.1 Å². The quantitative estimate of drug-likeness (QED) is 0.739. The molecule has 3 heteroatoms. The maximum Gasteiger partial charge on any atom is 0.174 e. The SMILES string of the molecule is CC[Si](CC)n1ccc2c(C#N)cccc21. The Morgan fingerprint density at radius 3 is 2.62 bits per heavy atom. The monoisotopic (exact) mass is 227 g/mol. The van der Waals surface area contributed by atoms with Gasteiger partial charge in [0.15, 0.2) is 8.96 Å². The lowest BCUT2D eigenvalue weighted by molar-refractivity contribution is 1.15. The molecule has 0 spiro atoms. The Kier molecular flexibility index (Phi) is 3.11.